The maximum Gasteiger partial charge on any atom is 0.162 e. The molecule has 1 aromatic heterocycles. The van der Waals surface area contributed by atoms with Crippen molar-refractivity contribution in [1.82, 2.24) is 14.9 Å². The molecule has 1 saturated heterocycles. The molecule has 122 valence electrons. The van der Waals surface area contributed by atoms with E-state index in [0.29, 0.717) is 0 Å². The molecule has 0 bridgehead atoms. The topological polar surface area (TPSA) is 41.5 Å². The molecule has 2 aromatic rings. The number of likely N-dealkylation sites (N-methyl/N-ethyl adjacent to an activating group) is 1. The van der Waals surface area contributed by atoms with E-state index in [0.717, 1.165) is 54.2 Å². The van der Waals surface area contributed by atoms with Gasteiger partial charge in [-0.25, -0.2) is 9.97 Å². The number of piperazine rings is 1. The molecule has 0 amide bonds. The van der Waals surface area contributed by atoms with Gasteiger partial charge in [-0.05, 0) is 37.6 Å². The van der Waals surface area contributed by atoms with E-state index in [2.05, 4.69) is 27.9 Å². The van der Waals surface area contributed by atoms with Crippen LogP contribution < -0.4 is 9.64 Å². The Morgan fingerprint density at radius 1 is 1.04 bits per heavy atom. The lowest BCUT2D eigenvalue weighted by molar-refractivity contribution is 0.312. The van der Waals surface area contributed by atoms with E-state index in [1.165, 1.54) is 0 Å². The normalized spacial score (nSPS) is 15.7. The predicted molar refractivity (Wildman–Crippen MR) is 95.5 cm³/mol. The third-order valence-corrected chi connectivity index (χ3v) is 4.70. The number of aromatic nitrogens is 2. The first-order chi connectivity index (χ1) is 11.2. The fourth-order valence-electron chi connectivity index (χ4n) is 2.58. The molecule has 23 heavy (non-hydrogen) atoms. The minimum absolute atomic E-state index is 0.772. The van der Waals surface area contributed by atoms with Crippen molar-refractivity contribution in [1.29, 1.82) is 0 Å². The Hall–Kier alpha value is -1.79. The SMILES string of the molecule is COc1ccc(-c2nc(SC)cc(N3CCN(C)CC3)n2)cc1. The molecule has 5 nitrogen and oxygen atoms in total. The lowest BCUT2D eigenvalue weighted by Gasteiger charge is -2.33. The summed E-state index contributed by atoms with van der Waals surface area (Å²) in [6.45, 7) is 4.14. The Balaban J connectivity index is 1.92. The molecule has 0 unspecified atom stereocenters. The lowest BCUT2D eigenvalue weighted by atomic mass is 10.2. The van der Waals surface area contributed by atoms with Crippen LogP contribution in [0.1, 0.15) is 0 Å². The summed E-state index contributed by atoms with van der Waals surface area (Å²) in [4.78, 5) is 14.1. The zero-order valence-electron chi connectivity index (χ0n) is 13.8. The number of hydrogen-bond acceptors (Lipinski definition) is 6. The van der Waals surface area contributed by atoms with Gasteiger partial charge in [0.25, 0.3) is 0 Å². The average Bonchev–Trinajstić information content (AvgIpc) is 2.62. The summed E-state index contributed by atoms with van der Waals surface area (Å²) in [7, 11) is 3.83. The van der Waals surface area contributed by atoms with E-state index >= 15 is 0 Å². The summed E-state index contributed by atoms with van der Waals surface area (Å²) < 4.78 is 5.22. The highest BCUT2D eigenvalue weighted by atomic mass is 32.2. The highest BCUT2D eigenvalue weighted by molar-refractivity contribution is 7.98. The van der Waals surface area contributed by atoms with Gasteiger partial charge < -0.3 is 14.5 Å². The maximum absolute atomic E-state index is 5.22. The lowest BCUT2D eigenvalue weighted by Crippen LogP contribution is -2.44. The summed E-state index contributed by atoms with van der Waals surface area (Å²) >= 11 is 1.65. The van der Waals surface area contributed by atoms with Crippen LogP contribution in [0.5, 0.6) is 5.75 Å². The van der Waals surface area contributed by atoms with E-state index < -0.39 is 0 Å². The number of thioether (sulfide) groups is 1. The molecular weight excluding hydrogens is 308 g/mol. The van der Waals surface area contributed by atoms with Crippen molar-refractivity contribution in [2.75, 3.05) is 51.5 Å². The van der Waals surface area contributed by atoms with E-state index in [1.807, 2.05) is 30.5 Å². The van der Waals surface area contributed by atoms with Crippen LogP contribution >= 0.6 is 11.8 Å². The largest absolute Gasteiger partial charge is 0.497 e. The van der Waals surface area contributed by atoms with Crippen molar-refractivity contribution in [2.45, 2.75) is 5.03 Å². The highest BCUT2D eigenvalue weighted by Gasteiger charge is 2.17. The van der Waals surface area contributed by atoms with E-state index in [1.54, 1.807) is 18.9 Å². The van der Waals surface area contributed by atoms with E-state index in [4.69, 9.17) is 9.72 Å². The van der Waals surface area contributed by atoms with Crippen LogP contribution in [0.3, 0.4) is 0 Å². The molecule has 1 fully saturated rings. The van der Waals surface area contributed by atoms with Crippen LogP contribution in [-0.4, -0.2) is 61.5 Å². The predicted octanol–water partition coefficient (Wildman–Crippen LogP) is 2.63. The Bertz CT molecular complexity index is 654. The zero-order chi connectivity index (χ0) is 16.2. The molecule has 0 atom stereocenters. The van der Waals surface area contributed by atoms with Gasteiger partial charge in [0.2, 0.25) is 0 Å². The monoisotopic (exact) mass is 330 g/mol. The second kappa shape index (κ2) is 7.19. The van der Waals surface area contributed by atoms with Crippen LogP contribution in [0.4, 0.5) is 5.82 Å². The Morgan fingerprint density at radius 2 is 1.74 bits per heavy atom. The van der Waals surface area contributed by atoms with Crippen molar-refractivity contribution >= 4 is 17.6 Å². The second-order valence-electron chi connectivity index (χ2n) is 5.61. The van der Waals surface area contributed by atoms with Gasteiger partial charge in [-0.1, -0.05) is 0 Å². The van der Waals surface area contributed by atoms with Gasteiger partial charge in [0, 0.05) is 37.8 Å². The zero-order valence-corrected chi connectivity index (χ0v) is 14.6. The number of benzene rings is 1. The fourth-order valence-corrected chi connectivity index (χ4v) is 2.99. The van der Waals surface area contributed by atoms with Gasteiger partial charge in [0.05, 0.1) is 7.11 Å². The number of rotatable bonds is 4. The summed E-state index contributed by atoms with van der Waals surface area (Å²) in [5.74, 6) is 2.63. The minimum Gasteiger partial charge on any atom is -0.497 e. The molecule has 1 aliphatic rings. The van der Waals surface area contributed by atoms with E-state index in [-0.39, 0.29) is 0 Å². The second-order valence-corrected chi connectivity index (χ2v) is 6.44. The number of ether oxygens (including phenoxy) is 1. The average molecular weight is 330 g/mol. The molecule has 0 N–H and O–H groups in total. The molecule has 6 heteroatoms. The molecular formula is C17H22N4OS. The number of anilines is 1. The van der Waals surface area contributed by atoms with Crippen molar-refractivity contribution in [2.24, 2.45) is 0 Å². The van der Waals surface area contributed by atoms with Gasteiger partial charge in [0.1, 0.15) is 16.6 Å². The maximum atomic E-state index is 5.22. The van der Waals surface area contributed by atoms with Crippen LogP contribution in [0.2, 0.25) is 0 Å². The van der Waals surface area contributed by atoms with Gasteiger partial charge in [0.15, 0.2) is 5.82 Å². The van der Waals surface area contributed by atoms with Crippen LogP contribution in [0.15, 0.2) is 35.4 Å². The van der Waals surface area contributed by atoms with Gasteiger partial charge in [-0.2, -0.15) is 0 Å². The van der Waals surface area contributed by atoms with Crippen molar-refractivity contribution in [3.05, 3.63) is 30.3 Å². The first-order valence-electron chi connectivity index (χ1n) is 7.70. The molecule has 0 saturated carbocycles. The highest BCUT2D eigenvalue weighted by Crippen LogP contribution is 2.26. The molecule has 1 aromatic carbocycles. The van der Waals surface area contributed by atoms with Crippen LogP contribution in [-0.2, 0) is 0 Å². The summed E-state index contributed by atoms with van der Waals surface area (Å²) in [5, 5.41) is 1.000. The van der Waals surface area contributed by atoms with Gasteiger partial charge >= 0.3 is 0 Å². The van der Waals surface area contributed by atoms with Crippen molar-refractivity contribution in [3.63, 3.8) is 0 Å². The summed E-state index contributed by atoms with van der Waals surface area (Å²) in [6, 6.07) is 9.99. The molecule has 0 radical (unpaired) electrons. The molecule has 0 aliphatic carbocycles. The van der Waals surface area contributed by atoms with Gasteiger partial charge in [-0.3, -0.25) is 0 Å². The van der Waals surface area contributed by atoms with Crippen molar-refractivity contribution in [3.8, 4) is 17.1 Å². The third-order valence-electron chi connectivity index (χ3n) is 4.07. The Kier molecular flexibility index (Phi) is 5.03. The van der Waals surface area contributed by atoms with Crippen LogP contribution in [0, 0.1) is 0 Å². The summed E-state index contributed by atoms with van der Waals surface area (Å²) in [5.41, 5.74) is 1.01. The molecule has 0 spiro atoms. The fraction of sp³-hybridized carbons (Fsp3) is 0.412. The first kappa shape index (κ1) is 16.1. The quantitative estimate of drug-likeness (QED) is 0.634. The van der Waals surface area contributed by atoms with Gasteiger partial charge in [-0.15, -0.1) is 11.8 Å². The smallest absolute Gasteiger partial charge is 0.162 e. The molecule has 3 rings (SSSR count). The Labute approximate surface area is 141 Å². The van der Waals surface area contributed by atoms with Crippen LogP contribution in [0.25, 0.3) is 11.4 Å². The standard InChI is InChI=1S/C17H22N4OS/c1-20-8-10-21(11-9-20)15-12-16(23-3)19-17(18-15)13-4-6-14(22-2)7-5-13/h4-7,12H,8-11H2,1-3H3. The first-order valence-corrected chi connectivity index (χ1v) is 8.93. The molecule has 2 heterocycles. The minimum atomic E-state index is 0.772. The third kappa shape index (κ3) is 3.76. The number of nitrogens with zero attached hydrogens (tertiary/aromatic N) is 4. The van der Waals surface area contributed by atoms with Crippen molar-refractivity contribution < 1.29 is 4.74 Å². The van der Waals surface area contributed by atoms with E-state index in [9.17, 15) is 0 Å². The number of hydrogen-bond donors (Lipinski definition) is 0. The molecule has 1 aliphatic heterocycles. The Morgan fingerprint density at radius 3 is 2.35 bits per heavy atom. The summed E-state index contributed by atoms with van der Waals surface area (Å²) in [6.07, 6.45) is 2.05. The number of methoxy groups -OCH3 is 1.